The molecule has 0 bridgehead atoms. The monoisotopic (exact) mass is 277 g/mol. The lowest BCUT2D eigenvalue weighted by molar-refractivity contribution is 0.262. The average Bonchev–Trinajstić information content (AvgIpc) is 3.02. The third-order valence-electron chi connectivity index (χ3n) is 2.82. The number of hydrogen-bond acceptors (Lipinski definition) is 4. The first-order valence-electron chi connectivity index (χ1n) is 6.94. The molecule has 0 atom stereocenters. The van der Waals surface area contributed by atoms with Crippen LogP contribution in [0.25, 0.3) is 0 Å². The fraction of sp³-hybridized carbons (Fsp3) is 0.533. The van der Waals surface area contributed by atoms with Gasteiger partial charge in [0.15, 0.2) is 5.75 Å². The molecule has 0 saturated heterocycles. The summed E-state index contributed by atoms with van der Waals surface area (Å²) in [4.78, 5) is 0. The molecular formula is C15H23N3O2. The predicted octanol–water partition coefficient (Wildman–Crippen LogP) is 2.96. The van der Waals surface area contributed by atoms with Crippen LogP contribution in [0.5, 0.6) is 5.75 Å². The Morgan fingerprint density at radius 1 is 1.30 bits per heavy atom. The van der Waals surface area contributed by atoms with E-state index in [-0.39, 0.29) is 5.54 Å². The molecule has 20 heavy (non-hydrogen) atoms. The smallest absolute Gasteiger partial charge is 0.157 e. The van der Waals surface area contributed by atoms with Crippen molar-refractivity contribution in [1.29, 1.82) is 0 Å². The number of nitrogens with zero attached hydrogens (tertiary/aromatic N) is 2. The highest BCUT2D eigenvalue weighted by atomic mass is 16.5. The van der Waals surface area contributed by atoms with Crippen molar-refractivity contribution in [3.05, 3.63) is 36.0 Å². The molecule has 5 nitrogen and oxygen atoms in total. The van der Waals surface area contributed by atoms with Gasteiger partial charge in [0.1, 0.15) is 18.1 Å². The van der Waals surface area contributed by atoms with E-state index in [1.165, 1.54) is 0 Å². The lowest BCUT2D eigenvalue weighted by Crippen LogP contribution is -2.34. The van der Waals surface area contributed by atoms with E-state index >= 15 is 0 Å². The van der Waals surface area contributed by atoms with E-state index in [9.17, 15) is 0 Å². The maximum absolute atomic E-state index is 5.72. The summed E-state index contributed by atoms with van der Waals surface area (Å²) in [6, 6.07) is 3.93. The van der Waals surface area contributed by atoms with Crippen LogP contribution < -0.4 is 10.1 Å². The maximum Gasteiger partial charge on any atom is 0.157 e. The second-order valence-corrected chi connectivity index (χ2v) is 5.79. The molecule has 0 amide bonds. The molecule has 0 unspecified atom stereocenters. The van der Waals surface area contributed by atoms with Crippen molar-refractivity contribution in [1.82, 2.24) is 15.1 Å². The summed E-state index contributed by atoms with van der Waals surface area (Å²) in [5, 5.41) is 7.55. The number of aromatic nitrogens is 2. The summed E-state index contributed by atoms with van der Waals surface area (Å²) in [5.74, 6) is 2.50. The average molecular weight is 277 g/mol. The van der Waals surface area contributed by atoms with Crippen molar-refractivity contribution in [2.75, 3.05) is 0 Å². The van der Waals surface area contributed by atoms with E-state index in [0.717, 1.165) is 30.4 Å². The molecule has 0 fully saturated rings. The molecule has 2 aromatic heterocycles. The second kappa shape index (κ2) is 6.13. The van der Waals surface area contributed by atoms with Crippen LogP contribution in [0, 0.1) is 0 Å². The summed E-state index contributed by atoms with van der Waals surface area (Å²) < 4.78 is 13.2. The van der Waals surface area contributed by atoms with Gasteiger partial charge in [-0.05, 0) is 39.8 Å². The van der Waals surface area contributed by atoms with Crippen molar-refractivity contribution in [2.24, 2.45) is 0 Å². The van der Waals surface area contributed by atoms with Gasteiger partial charge in [0.25, 0.3) is 0 Å². The number of ether oxygens (including phenoxy) is 1. The molecule has 2 heterocycles. The van der Waals surface area contributed by atoms with E-state index in [4.69, 9.17) is 9.15 Å². The number of furan rings is 1. The van der Waals surface area contributed by atoms with Crippen LogP contribution in [-0.4, -0.2) is 15.3 Å². The second-order valence-electron chi connectivity index (χ2n) is 5.79. The molecule has 2 rings (SSSR count). The first-order valence-corrected chi connectivity index (χ1v) is 6.94. The van der Waals surface area contributed by atoms with E-state index in [2.05, 4.69) is 31.2 Å². The Balaban J connectivity index is 1.83. The molecule has 0 aliphatic rings. The van der Waals surface area contributed by atoms with Crippen LogP contribution >= 0.6 is 0 Å². The minimum absolute atomic E-state index is 0.0815. The highest BCUT2D eigenvalue weighted by Crippen LogP contribution is 2.14. The van der Waals surface area contributed by atoms with Gasteiger partial charge in [0.2, 0.25) is 0 Å². The topological polar surface area (TPSA) is 52.2 Å². The molecule has 5 heteroatoms. The zero-order valence-electron chi connectivity index (χ0n) is 12.6. The van der Waals surface area contributed by atoms with Crippen LogP contribution in [-0.2, 0) is 19.7 Å². The minimum Gasteiger partial charge on any atom is -0.482 e. The summed E-state index contributed by atoms with van der Waals surface area (Å²) >= 11 is 0. The van der Waals surface area contributed by atoms with Crippen molar-refractivity contribution in [3.8, 4) is 5.75 Å². The van der Waals surface area contributed by atoms with Crippen LogP contribution in [0.2, 0.25) is 0 Å². The summed E-state index contributed by atoms with van der Waals surface area (Å²) in [5.41, 5.74) is 0.0815. The SMILES string of the molecule is CCn1cc(OCc2ccc(CNC(C)(C)C)o2)cn1. The molecule has 0 spiro atoms. The normalized spacial score (nSPS) is 11.8. The Bertz CT molecular complexity index is 537. The fourth-order valence-electron chi connectivity index (χ4n) is 1.69. The van der Waals surface area contributed by atoms with Gasteiger partial charge >= 0.3 is 0 Å². The van der Waals surface area contributed by atoms with E-state index in [1.54, 1.807) is 6.20 Å². The molecule has 2 aromatic rings. The molecule has 0 aliphatic heterocycles. The number of rotatable bonds is 6. The summed E-state index contributed by atoms with van der Waals surface area (Å²) in [6.07, 6.45) is 3.60. The molecule has 0 aliphatic carbocycles. The Hall–Kier alpha value is -1.75. The standard InChI is InChI=1S/C15H23N3O2/c1-5-18-10-14(9-17-18)19-11-13-7-6-12(20-13)8-16-15(2,3)4/h6-7,9-10,16H,5,8,11H2,1-4H3. The van der Waals surface area contributed by atoms with Gasteiger partial charge in [-0.2, -0.15) is 5.10 Å². The zero-order chi connectivity index (χ0) is 14.6. The largest absolute Gasteiger partial charge is 0.482 e. The molecule has 0 saturated carbocycles. The molecule has 110 valence electrons. The van der Waals surface area contributed by atoms with Crippen LogP contribution in [0.1, 0.15) is 39.2 Å². The van der Waals surface area contributed by atoms with Crippen molar-refractivity contribution >= 4 is 0 Å². The Labute approximate surface area is 119 Å². The maximum atomic E-state index is 5.72. The third kappa shape index (κ3) is 4.42. The van der Waals surface area contributed by atoms with Gasteiger partial charge < -0.3 is 14.5 Å². The highest BCUT2D eigenvalue weighted by Gasteiger charge is 2.10. The van der Waals surface area contributed by atoms with Gasteiger partial charge in [-0.15, -0.1) is 0 Å². The summed E-state index contributed by atoms with van der Waals surface area (Å²) in [6.45, 7) is 10.4. The van der Waals surface area contributed by atoms with E-state index in [1.807, 2.05) is 29.9 Å². The van der Waals surface area contributed by atoms with Gasteiger partial charge in [-0.1, -0.05) is 0 Å². The molecule has 1 N–H and O–H groups in total. The molecule has 0 aromatic carbocycles. The number of aryl methyl sites for hydroxylation is 1. The number of nitrogens with one attached hydrogen (secondary N) is 1. The van der Waals surface area contributed by atoms with Crippen molar-refractivity contribution in [3.63, 3.8) is 0 Å². The first kappa shape index (κ1) is 14.7. The predicted molar refractivity (Wildman–Crippen MR) is 77.5 cm³/mol. The van der Waals surface area contributed by atoms with Gasteiger partial charge in [-0.3, -0.25) is 4.68 Å². The Morgan fingerprint density at radius 2 is 2.05 bits per heavy atom. The molecule has 0 radical (unpaired) electrons. The van der Waals surface area contributed by atoms with Crippen molar-refractivity contribution < 1.29 is 9.15 Å². The van der Waals surface area contributed by atoms with E-state index < -0.39 is 0 Å². The Kier molecular flexibility index (Phi) is 4.49. The quantitative estimate of drug-likeness (QED) is 0.882. The van der Waals surface area contributed by atoms with Crippen LogP contribution in [0.4, 0.5) is 0 Å². The third-order valence-corrected chi connectivity index (χ3v) is 2.82. The van der Waals surface area contributed by atoms with Gasteiger partial charge in [0.05, 0.1) is 18.9 Å². The minimum atomic E-state index is 0.0815. The lowest BCUT2D eigenvalue weighted by atomic mass is 10.1. The van der Waals surface area contributed by atoms with Gasteiger partial charge in [-0.25, -0.2) is 0 Å². The lowest BCUT2D eigenvalue weighted by Gasteiger charge is -2.19. The fourth-order valence-corrected chi connectivity index (χ4v) is 1.69. The molecular weight excluding hydrogens is 254 g/mol. The highest BCUT2D eigenvalue weighted by molar-refractivity contribution is 5.13. The number of hydrogen-bond donors (Lipinski definition) is 1. The van der Waals surface area contributed by atoms with Gasteiger partial charge in [0, 0.05) is 12.1 Å². The summed E-state index contributed by atoms with van der Waals surface area (Å²) in [7, 11) is 0. The van der Waals surface area contributed by atoms with Crippen molar-refractivity contribution in [2.45, 2.75) is 52.9 Å². The van der Waals surface area contributed by atoms with Crippen LogP contribution in [0.15, 0.2) is 28.9 Å². The zero-order valence-corrected chi connectivity index (χ0v) is 12.6. The Morgan fingerprint density at radius 3 is 2.70 bits per heavy atom. The van der Waals surface area contributed by atoms with Crippen LogP contribution in [0.3, 0.4) is 0 Å². The van der Waals surface area contributed by atoms with E-state index in [0.29, 0.717) is 6.61 Å². The first-order chi connectivity index (χ1) is 9.46.